The molecule has 0 amide bonds. The van der Waals surface area contributed by atoms with Crippen molar-refractivity contribution in [3.63, 3.8) is 0 Å². The maximum atomic E-state index is 11.4. The number of Topliss-reactive ketones (excluding diaryl/α,β-unsaturated/α-hetero) is 1. The van der Waals surface area contributed by atoms with Crippen molar-refractivity contribution < 1.29 is 19.2 Å². The Morgan fingerprint density at radius 1 is 1.44 bits per heavy atom. The third-order valence-electron chi connectivity index (χ3n) is 2.10. The Bertz CT molecular complexity index is 500. The van der Waals surface area contributed by atoms with E-state index in [0.29, 0.717) is 0 Å². The van der Waals surface area contributed by atoms with E-state index in [2.05, 4.69) is 4.74 Å². The molecule has 0 unspecified atom stereocenters. The van der Waals surface area contributed by atoms with E-state index in [1.807, 2.05) is 0 Å². The molecule has 0 saturated carbocycles. The monoisotopic (exact) mass is 271 g/mol. The van der Waals surface area contributed by atoms with Crippen LogP contribution in [-0.2, 0) is 20.7 Å². The van der Waals surface area contributed by atoms with E-state index in [9.17, 15) is 19.7 Å². The fraction of sp³-hybridized carbons (Fsp3) is 0.273. The molecular weight excluding hydrogens is 262 g/mol. The van der Waals surface area contributed by atoms with Crippen LogP contribution >= 0.6 is 11.6 Å². The molecule has 0 aliphatic rings. The van der Waals surface area contributed by atoms with Crippen LogP contribution in [0.25, 0.3) is 0 Å². The van der Waals surface area contributed by atoms with Gasteiger partial charge in [-0.2, -0.15) is 0 Å². The molecule has 1 aromatic rings. The van der Waals surface area contributed by atoms with E-state index in [0.717, 1.165) is 6.07 Å². The summed E-state index contributed by atoms with van der Waals surface area (Å²) < 4.78 is 4.52. The maximum absolute atomic E-state index is 11.4. The lowest BCUT2D eigenvalue weighted by Crippen LogP contribution is -2.19. The van der Waals surface area contributed by atoms with Crippen LogP contribution in [0, 0.1) is 10.1 Å². The minimum atomic E-state index is -0.998. The normalized spacial score (nSPS) is 9.89. The maximum Gasteiger partial charge on any atom is 0.374 e. The van der Waals surface area contributed by atoms with Gasteiger partial charge in [0.1, 0.15) is 0 Å². The fourth-order valence-corrected chi connectivity index (χ4v) is 1.48. The van der Waals surface area contributed by atoms with E-state index >= 15 is 0 Å². The fourth-order valence-electron chi connectivity index (χ4n) is 1.31. The topological polar surface area (TPSA) is 86.5 Å². The molecule has 0 bridgehead atoms. The standard InChI is InChI=1S/C11H10ClNO5/c1-2-18-11(15)10(14)5-7-3-4-8(12)6-9(7)13(16)17/h3-4,6H,2,5H2,1H3. The predicted molar refractivity (Wildman–Crippen MR) is 63.5 cm³/mol. The van der Waals surface area contributed by atoms with Crippen LogP contribution in [0.4, 0.5) is 5.69 Å². The molecule has 0 fully saturated rings. The van der Waals surface area contributed by atoms with Gasteiger partial charge in [0, 0.05) is 23.1 Å². The predicted octanol–water partition coefficient (Wildman–Crippen LogP) is 1.92. The molecule has 0 saturated heterocycles. The largest absolute Gasteiger partial charge is 0.460 e. The molecule has 0 atom stereocenters. The van der Waals surface area contributed by atoms with Gasteiger partial charge in [0.05, 0.1) is 11.5 Å². The Morgan fingerprint density at radius 3 is 2.67 bits per heavy atom. The molecule has 0 aliphatic carbocycles. The number of nitrogens with zero attached hydrogens (tertiary/aromatic N) is 1. The molecule has 7 heteroatoms. The van der Waals surface area contributed by atoms with Gasteiger partial charge in [0.2, 0.25) is 5.78 Å². The number of benzene rings is 1. The van der Waals surface area contributed by atoms with E-state index in [-0.39, 0.29) is 29.3 Å². The molecule has 0 heterocycles. The average Bonchev–Trinajstić information content (AvgIpc) is 2.31. The summed E-state index contributed by atoms with van der Waals surface area (Å²) in [6, 6.07) is 3.90. The van der Waals surface area contributed by atoms with Crippen LogP contribution in [0.3, 0.4) is 0 Å². The summed E-state index contributed by atoms with van der Waals surface area (Å²) in [7, 11) is 0. The van der Waals surface area contributed by atoms with Gasteiger partial charge in [0.25, 0.3) is 5.69 Å². The van der Waals surface area contributed by atoms with E-state index in [4.69, 9.17) is 11.6 Å². The molecule has 1 rings (SSSR count). The zero-order valence-electron chi connectivity index (χ0n) is 9.51. The Hall–Kier alpha value is -1.95. The van der Waals surface area contributed by atoms with Crippen molar-refractivity contribution in [3.8, 4) is 0 Å². The van der Waals surface area contributed by atoms with Crippen LogP contribution in [0.2, 0.25) is 5.02 Å². The van der Waals surface area contributed by atoms with Crippen molar-refractivity contribution in [1.82, 2.24) is 0 Å². The van der Waals surface area contributed by atoms with Gasteiger partial charge in [-0.05, 0) is 13.0 Å². The third kappa shape index (κ3) is 3.53. The number of carbonyl (C=O) groups excluding carboxylic acids is 2. The first-order chi connectivity index (χ1) is 8.45. The number of esters is 1. The Kier molecular flexibility index (Phi) is 4.79. The highest BCUT2D eigenvalue weighted by atomic mass is 35.5. The molecule has 0 aliphatic heterocycles. The second-order valence-electron chi connectivity index (χ2n) is 3.35. The van der Waals surface area contributed by atoms with Crippen molar-refractivity contribution in [2.45, 2.75) is 13.3 Å². The quantitative estimate of drug-likeness (QED) is 0.353. The Labute approximate surface area is 108 Å². The van der Waals surface area contributed by atoms with Crippen LogP contribution in [0.15, 0.2) is 18.2 Å². The SMILES string of the molecule is CCOC(=O)C(=O)Cc1ccc(Cl)cc1[N+](=O)[O-]. The molecule has 6 nitrogen and oxygen atoms in total. The highest BCUT2D eigenvalue weighted by molar-refractivity contribution is 6.34. The van der Waals surface area contributed by atoms with Crippen molar-refractivity contribution in [3.05, 3.63) is 38.9 Å². The van der Waals surface area contributed by atoms with Crippen LogP contribution in [0.1, 0.15) is 12.5 Å². The highest BCUT2D eigenvalue weighted by Gasteiger charge is 2.21. The number of rotatable bonds is 5. The van der Waals surface area contributed by atoms with Gasteiger partial charge in [-0.25, -0.2) is 4.79 Å². The lowest BCUT2D eigenvalue weighted by Gasteiger charge is -2.03. The summed E-state index contributed by atoms with van der Waals surface area (Å²) in [6.45, 7) is 1.64. The van der Waals surface area contributed by atoms with Crippen molar-refractivity contribution in [2.24, 2.45) is 0 Å². The number of hydrogen-bond acceptors (Lipinski definition) is 5. The van der Waals surface area contributed by atoms with Gasteiger partial charge in [-0.3, -0.25) is 14.9 Å². The van der Waals surface area contributed by atoms with E-state index < -0.39 is 16.7 Å². The van der Waals surface area contributed by atoms with Crippen molar-refractivity contribution in [2.75, 3.05) is 6.61 Å². The van der Waals surface area contributed by atoms with E-state index in [1.165, 1.54) is 12.1 Å². The van der Waals surface area contributed by atoms with Crippen LogP contribution in [0.5, 0.6) is 0 Å². The van der Waals surface area contributed by atoms with Crippen molar-refractivity contribution >= 4 is 29.0 Å². The number of nitro benzene ring substituents is 1. The first-order valence-corrected chi connectivity index (χ1v) is 5.46. The first-order valence-electron chi connectivity index (χ1n) is 5.08. The van der Waals surface area contributed by atoms with Gasteiger partial charge in [-0.1, -0.05) is 17.7 Å². The zero-order valence-corrected chi connectivity index (χ0v) is 10.3. The molecule has 1 aromatic carbocycles. The molecule has 96 valence electrons. The zero-order chi connectivity index (χ0) is 13.7. The number of nitro groups is 1. The van der Waals surface area contributed by atoms with E-state index in [1.54, 1.807) is 6.92 Å². The molecular formula is C11H10ClNO5. The van der Waals surface area contributed by atoms with Gasteiger partial charge in [-0.15, -0.1) is 0 Å². The van der Waals surface area contributed by atoms with Gasteiger partial charge in [0.15, 0.2) is 0 Å². The number of ether oxygens (including phenoxy) is 1. The highest BCUT2D eigenvalue weighted by Crippen LogP contribution is 2.23. The Balaban J connectivity index is 2.94. The summed E-state index contributed by atoms with van der Waals surface area (Å²) in [5.41, 5.74) is -0.164. The molecule has 0 N–H and O–H groups in total. The summed E-state index contributed by atoms with van der Waals surface area (Å²) in [5, 5.41) is 11.0. The molecule has 0 radical (unpaired) electrons. The number of carbonyl (C=O) groups is 2. The number of ketones is 1. The average molecular weight is 272 g/mol. The van der Waals surface area contributed by atoms with Crippen molar-refractivity contribution in [1.29, 1.82) is 0 Å². The van der Waals surface area contributed by atoms with Crippen LogP contribution in [-0.4, -0.2) is 23.3 Å². The summed E-state index contributed by atoms with van der Waals surface area (Å²) in [6.07, 6.45) is -0.383. The molecule has 18 heavy (non-hydrogen) atoms. The summed E-state index contributed by atoms with van der Waals surface area (Å²) in [4.78, 5) is 32.7. The lowest BCUT2D eigenvalue weighted by molar-refractivity contribution is -0.385. The molecule has 0 aromatic heterocycles. The second kappa shape index (κ2) is 6.11. The number of hydrogen-bond donors (Lipinski definition) is 0. The number of halogens is 1. The minimum absolute atomic E-state index is 0.0767. The smallest absolute Gasteiger partial charge is 0.374 e. The lowest BCUT2D eigenvalue weighted by atomic mass is 10.1. The van der Waals surface area contributed by atoms with Gasteiger partial charge >= 0.3 is 5.97 Å². The molecule has 0 spiro atoms. The Morgan fingerprint density at radius 2 is 2.11 bits per heavy atom. The van der Waals surface area contributed by atoms with Gasteiger partial charge < -0.3 is 4.74 Å². The van der Waals surface area contributed by atoms with Crippen LogP contribution < -0.4 is 0 Å². The minimum Gasteiger partial charge on any atom is -0.460 e. The second-order valence-corrected chi connectivity index (χ2v) is 3.79. The summed E-state index contributed by atoms with van der Waals surface area (Å²) >= 11 is 5.63. The first kappa shape index (κ1) is 14.1. The summed E-state index contributed by atoms with van der Waals surface area (Å²) in [5.74, 6) is -1.83. The third-order valence-corrected chi connectivity index (χ3v) is 2.33.